The molecule has 0 unspecified atom stereocenters. The quantitative estimate of drug-likeness (QED) is 0.111. The van der Waals surface area contributed by atoms with Crippen molar-refractivity contribution in [1.82, 2.24) is 25.1 Å². The molecule has 1 fully saturated rings. The molecule has 0 bridgehead atoms. The zero-order valence-corrected chi connectivity index (χ0v) is 21.7. The molecule has 3 aromatic rings. The highest BCUT2D eigenvalue weighted by atomic mass is 32.2. The summed E-state index contributed by atoms with van der Waals surface area (Å²) in [6.07, 6.45) is 1.72. The van der Waals surface area contributed by atoms with E-state index in [0.29, 0.717) is 17.9 Å². The van der Waals surface area contributed by atoms with Crippen LogP contribution in [0.5, 0.6) is 0 Å². The van der Waals surface area contributed by atoms with Gasteiger partial charge >= 0.3 is 0 Å². The van der Waals surface area contributed by atoms with Crippen LogP contribution in [0.15, 0.2) is 58.7 Å². The second-order valence-corrected chi connectivity index (χ2v) is 10.3. The van der Waals surface area contributed by atoms with Crippen molar-refractivity contribution < 1.29 is 29.0 Å². The fraction of sp³-hybridized carbons (Fsp3) is 0.261. The number of nitrogens with two attached hydrogens (primary N) is 1. The van der Waals surface area contributed by atoms with Gasteiger partial charge in [-0.25, -0.2) is 4.98 Å². The largest absolute Gasteiger partial charge is 0.543 e. The number of nitrogen functional groups attached to an aromatic ring is 1. The molecule has 3 N–H and O–H groups in total. The van der Waals surface area contributed by atoms with Crippen molar-refractivity contribution in [3.05, 3.63) is 59.3 Å². The van der Waals surface area contributed by atoms with Crippen molar-refractivity contribution in [3.8, 4) is 0 Å². The Morgan fingerprint density at radius 1 is 1.42 bits per heavy atom. The third kappa shape index (κ3) is 4.39. The van der Waals surface area contributed by atoms with Crippen molar-refractivity contribution in [2.45, 2.75) is 24.5 Å². The lowest BCUT2D eigenvalue weighted by Crippen LogP contribution is -2.71. The van der Waals surface area contributed by atoms with Gasteiger partial charge in [0.05, 0.1) is 16.9 Å². The summed E-state index contributed by atoms with van der Waals surface area (Å²) in [4.78, 5) is 48.2. The van der Waals surface area contributed by atoms with Gasteiger partial charge in [-0.1, -0.05) is 23.9 Å². The number of hydrogen-bond donors (Lipinski definition) is 2. The van der Waals surface area contributed by atoms with Gasteiger partial charge in [-0.3, -0.25) is 14.5 Å². The first-order chi connectivity index (χ1) is 18.3. The minimum Gasteiger partial charge on any atom is -0.543 e. The van der Waals surface area contributed by atoms with E-state index in [9.17, 15) is 19.5 Å². The van der Waals surface area contributed by atoms with Crippen LogP contribution in [0.3, 0.4) is 0 Å². The molecule has 2 atom stereocenters. The molecule has 0 spiro atoms. The maximum Gasteiger partial charge on any atom is 0.276 e. The molecule has 0 radical (unpaired) electrons. The average molecular weight is 555 g/mol. The third-order valence-corrected chi connectivity index (χ3v) is 8.00. The number of carbonyl (C=O) groups excluding carboxylic acids is 3. The fourth-order valence-corrected chi connectivity index (χ4v) is 6.26. The number of carboxylic acid groups (broad SMARTS) is 1. The molecular weight excluding hydrogens is 532 g/mol. The number of fused-ring (bicyclic) bond motifs is 2. The van der Waals surface area contributed by atoms with Crippen LogP contribution in [0.25, 0.3) is 11.0 Å². The molecular formula is C23H22N8O5S2. The highest BCUT2D eigenvalue weighted by Crippen LogP contribution is 2.40. The van der Waals surface area contributed by atoms with E-state index < -0.39 is 29.2 Å². The van der Waals surface area contributed by atoms with Crippen LogP contribution < -0.4 is 20.8 Å². The Kier molecular flexibility index (Phi) is 6.86. The molecule has 2 amide bonds. The summed E-state index contributed by atoms with van der Waals surface area (Å²) in [5, 5.41) is 24.3. The Labute approximate surface area is 224 Å². The summed E-state index contributed by atoms with van der Waals surface area (Å²) >= 11 is 2.46. The normalized spacial score (nSPS) is 19.2. The Bertz CT molecular complexity index is 1530. The number of oxime groups is 1. The number of amides is 2. The summed E-state index contributed by atoms with van der Waals surface area (Å²) in [6, 6.07) is 6.58. The summed E-state index contributed by atoms with van der Waals surface area (Å²) < 4.78 is 3.45. The van der Waals surface area contributed by atoms with Gasteiger partial charge in [-0.2, -0.15) is 0 Å². The number of aromatic nitrogens is 4. The summed E-state index contributed by atoms with van der Waals surface area (Å²) in [7, 11) is 1.27. The lowest BCUT2D eigenvalue weighted by molar-refractivity contribution is -0.725. The van der Waals surface area contributed by atoms with E-state index >= 15 is 0 Å². The molecule has 13 nitrogen and oxygen atoms in total. The minimum atomic E-state index is -1.47. The van der Waals surface area contributed by atoms with Gasteiger partial charge in [-0.15, -0.1) is 32.5 Å². The molecule has 1 saturated heterocycles. The summed E-state index contributed by atoms with van der Waals surface area (Å²) in [5.41, 5.74) is 7.64. The second kappa shape index (κ2) is 10.3. The van der Waals surface area contributed by atoms with Gasteiger partial charge in [0, 0.05) is 16.7 Å². The van der Waals surface area contributed by atoms with Crippen LogP contribution in [0.2, 0.25) is 0 Å². The number of aliphatic carboxylic acids is 1. The standard InChI is InChI=1S/C23H22N8O5S2/c1-3-8-29-14-6-4-5-7-15(14)30(28-29)9-12-10-37-21-17(20(33)31(21)18(12)22(34)35)26-19(32)16(27-36-2)13-11-38-23(24)25-13/h3-7,11,17,21H,1,8-10H2,2H3,(H3-,24,25,26,32,34,35)/b27-16-/t17-,21-/m1/s1. The maximum atomic E-state index is 13.1. The monoisotopic (exact) mass is 554 g/mol. The van der Waals surface area contributed by atoms with Crippen LogP contribution >= 0.6 is 23.1 Å². The molecule has 2 aromatic heterocycles. The highest BCUT2D eigenvalue weighted by Gasteiger charge is 2.53. The van der Waals surface area contributed by atoms with Crippen LogP contribution in [-0.4, -0.2) is 67.6 Å². The molecule has 38 heavy (non-hydrogen) atoms. The second-order valence-electron chi connectivity index (χ2n) is 8.30. The average Bonchev–Trinajstić information content (AvgIpc) is 3.49. The van der Waals surface area contributed by atoms with Crippen LogP contribution in [0, 0.1) is 0 Å². The number of nitrogens with zero attached hydrogens (tertiary/aromatic N) is 6. The Balaban J connectivity index is 1.39. The van der Waals surface area contributed by atoms with E-state index in [1.54, 1.807) is 15.4 Å². The molecule has 196 valence electrons. The molecule has 0 saturated carbocycles. The predicted molar refractivity (Wildman–Crippen MR) is 137 cm³/mol. The van der Waals surface area contributed by atoms with Gasteiger partial charge in [-0.05, 0) is 18.2 Å². The third-order valence-electron chi connectivity index (χ3n) is 5.99. The molecule has 2 aliphatic rings. The zero-order chi connectivity index (χ0) is 27.0. The molecule has 0 aliphatic carbocycles. The maximum absolute atomic E-state index is 13.1. The molecule has 2 aliphatic heterocycles. The topological polar surface area (TPSA) is 172 Å². The lowest BCUT2D eigenvalue weighted by atomic mass is 10.0. The smallest absolute Gasteiger partial charge is 0.276 e. The first-order valence-corrected chi connectivity index (χ1v) is 13.2. The van der Waals surface area contributed by atoms with Crippen molar-refractivity contribution in [1.29, 1.82) is 0 Å². The number of para-hydroxylation sites is 2. The lowest BCUT2D eigenvalue weighted by Gasteiger charge is -2.50. The van der Waals surface area contributed by atoms with Gasteiger partial charge in [0.2, 0.25) is 0 Å². The van der Waals surface area contributed by atoms with Gasteiger partial charge in [0.25, 0.3) is 11.8 Å². The van der Waals surface area contributed by atoms with E-state index in [-0.39, 0.29) is 28.8 Å². The number of benzene rings is 1. The van der Waals surface area contributed by atoms with Crippen molar-refractivity contribution in [3.63, 3.8) is 0 Å². The van der Waals surface area contributed by atoms with Crippen LogP contribution in [0.4, 0.5) is 5.13 Å². The van der Waals surface area contributed by atoms with Crippen molar-refractivity contribution >= 4 is 62.8 Å². The number of allylic oxidation sites excluding steroid dienone is 1. The number of carbonyl (C=O) groups is 3. The van der Waals surface area contributed by atoms with E-state index in [1.807, 2.05) is 24.3 Å². The first-order valence-electron chi connectivity index (χ1n) is 11.3. The van der Waals surface area contributed by atoms with Gasteiger partial charge in [0.15, 0.2) is 21.9 Å². The predicted octanol–water partition coefficient (Wildman–Crippen LogP) is -0.997. The first kappa shape index (κ1) is 25.4. The van der Waals surface area contributed by atoms with E-state index in [0.717, 1.165) is 27.3 Å². The molecule has 1 aromatic carbocycles. The van der Waals surface area contributed by atoms with E-state index in [2.05, 4.69) is 27.2 Å². The number of β-lactam (4-membered cyclic amide) rings is 1. The molecule has 5 rings (SSSR count). The highest BCUT2D eigenvalue weighted by molar-refractivity contribution is 8.00. The van der Waals surface area contributed by atoms with Crippen molar-refractivity contribution in [2.75, 3.05) is 18.6 Å². The van der Waals surface area contributed by atoms with Crippen LogP contribution in [0.1, 0.15) is 5.69 Å². The Morgan fingerprint density at radius 3 is 2.89 bits per heavy atom. The SMILES string of the molecule is C=CCn1n[n+](CC2=C(C(=O)[O-])N3C(=O)[C@@H](NC(=O)/C(=N\OC)c4csc(N)n4)[C@H]3SC2)c2ccccc21. The van der Waals surface area contributed by atoms with Gasteiger partial charge < -0.3 is 25.8 Å². The van der Waals surface area contributed by atoms with E-state index in [4.69, 9.17) is 10.6 Å². The number of thiazole rings is 1. The number of nitrogens with one attached hydrogen (secondary N) is 1. The van der Waals surface area contributed by atoms with E-state index in [1.165, 1.54) is 24.3 Å². The van der Waals surface area contributed by atoms with Gasteiger partial charge in [0.1, 0.15) is 37.3 Å². The molecule has 15 heteroatoms. The zero-order valence-electron chi connectivity index (χ0n) is 20.1. The number of carboxylic acids is 1. The van der Waals surface area contributed by atoms with Crippen LogP contribution in [-0.2, 0) is 32.3 Å². The summed E-state index contributed by atoms with van der Waals surface area (Å²) in [5.74, 6) is -2.45. The minimum absolute atomic E-state index is 0.143. The Morgan fingerprint density at radius 2 is 2.21 bits per heavy atom. The van der Waals surface area contributed by atoms with Crippen molar-refractivity contribution in [2.24, 2.45) is 5.16 Å². The Hall–Kier alpha value is -4.24. The number of thioether (sulfide) groups is 1. The number of rotatable bonds is 9. The number of anilines is 1. The fourth-order valence-electron chi connectivity index (χ4n) is 4.38. The summed E-state index contributed by atoms with van der Waals surface area (Å²) in [6.45, 7) is 4.38. The number of hydrogen-bond acceptors (Lipinski definition) is 11. The molecule has 4 heterocycles.